The van der Waals surface area contributed by atoms with Crippen LogP contribution in [0.2, 0.25) is 0 Å². The predicted molar refractivity (Wildman–Crippen MR) is 94.6 cm³/mol. The van der Waals surface area contributed by atoms with Gasteiger partial charge in [0.05, 0.1) is 17.5 Å². The first-order valence-electron chi connectivity index (χ1n) is 8.04. The summed E-state index contributed by atoms with van der Waals surface area (Å²) in [6.45, 7) is 3.96. The number of aryl methyl sites for hydroxylation is 1. The van der Waals surface area contributed by atoms with Gasteiger partial charge in [0.2, 0.25) is 0 Å². The fraction of sp³-hybridized carbons (Fsp3) is 0.211. The minimum absolute atomic E-state index is 0.520. The number of aliphatic hydroxyl groups excluding tert-OH is 1. The first-order valence-corrected chi connectivity index (χ1v) is 8.04. The molecule has 5 heteroatoms. The van der Waals surface area contributed by atoms with Crippen LogP contribution in [0, 0.1) is 6.92 Å². The van der Waals surface area contributed by atoms with Crippen molar-refractivity contribution in [1.29, 1.82) is 0 Å². The number of aromatic nitrogens is 4. The van der Waals surface area contributed by atoms with Gasteiger partial charge < -0.3 is 10.1 Å². The van der Waals surface area contributed by atoms with Crippen LogP contribution in [-0.2, 0) is 0 Å². The number of nitrogens with zero attached hydrogens (tertiary/aromatic N) is 3. The lowest BCUT2D eigenvalue weighted by Crippen LogP contribution is -2.00. The first-order chi connectivity index (χ1) is 11.7. The van der Waals surface area contributed by atoms with E-state index in [2.05, 4.69) is 19.9 Å². The van der Waals surface area contributed by atoms with E-state index >= 15 is 0 Å². The van der Waals surface area contributed by atoms with Crippen LogP contribution in [0.4, 0.5) is 0 Å². The summed E-state index contributed by atoms with van der Waals surface area (Å²) in [5.41, 5.74) is 4.46. The first kappa shape index (κ1) is 14.8. The molecule has 0 amide bonds. The van der Waals surface area contributed by atoms with Crippen LogP contribution in [0.5, 0.6) is 0 Å². The fourth-order valence-electron chi connectivity index (χ4n) is 3.01. The molecule has 0 radical (unpaired) electrons. The third-order valence-corrected chi connectivity index (χ3v) is 4.42. The van der Waals surface area contributed by atoms with E-state index in [0.29, 0.717) is 12.1 Å². The maximum atomic E-state index is 9.95. The van der Waals surface area contributed by atoms with Gasteiger partial charge in [0.15, 0.2) is 0 Å². The molecule has 0 unspecified atom stereocenters. The molecule has 0 saturated carbocycles. The second kappa shape index (κ2) is 5.69. The van der Waals surface area contributed by atoms with Crippen molar-refractivity contribution in [2.24, 2.45) is 0 Å². The Labute approximate surface area is 139 Å². The third-order valence-electron chi connectivity index (χ3n) is 4.42. The molecule has 0 saturated heterocycles. The summed E-state index contributed by atoms with van der Waals surface area (Å²) in [6.07, 6.45) is 7.55. The van der Waals surface area contributed by atoms with Crippen LogP contribution in [0.1, 0.15) is 30.7 Å². The van der Waals surface area contributed by atoms with E-state index in [9.17, 15) is 5.11 Å². The van der Waals surface area contributed by atoms with Crippen molar-refractivity contribution in [2.45, 2.75) is 26.4 Å². The van der Waals surface area contributed by atoms with Crippen LogP contribution >= 0.6 is 0 Å². The molecule has 0 fully saturated rings. The Morgan fingerprint density at radius 2 is 1.96 bits per heavy atom. The van der Waals surface area contributed by atoms with Crippen molar-refractivity contribution in [3.05, 3.63) is 54.2 Å². The van der Waals surface area contributed by atoms with Crippen LogP contribution in [0.15, 0.2) is 43.0 Å². The lowest BCUT2D eigenvalue weighted by atomic mass is 10.0. The lowest BCUT2D eigenvalue weighted by molar-refractivity contribution is 0.169. The fourth-order valence-corrected chi connectivity index (χ4v) is 3.01. The van der Waals surface area contributed by atoms with Gasteiger partial charge in [0.1, 0.15) is 5.65 Å². The number of H-pyrrole nitrogens is 1. The number of hydrogen-bond donors (Lipinski definition) is 2. The number of rotatable bonds is 3. The number of pyridine rings is 3. The molecule has 4 aromatic heterocycles. The van der Waals surface area contributed by atoms with Crippen LogP contribution in [-0.4, -0.2) is 25.0 Å². The summed E-state index contributed by atoms with van der Waals surface area (Å²) < 4.78 is 0. The average Bonchev–Trinajstić information content (AvgIpc) is 3.09. The van der Waals surface area contributed by atoms with Crippen LogP contribution in [0.3, 0.4) is 0 Å². The number of aliphatic hydroxyl groups is 1. The summed E-state index contributed by atoms with van der Waals surface area (Å²) in [5.74, 6) is 0. The van der Waals surface area contributed by atoms with E-state index in [4.69, 9.17) is 0 Å². The zero-order valence-electron chi connectivity index (χ0n) is 13.6. The van der Waals surface area contributed by atoms with Gasteiger partial charge in [-0.3, -0.25) is 9.97 Å². The molecular formula is C19H18N4O. The van der Waals surface area contributed by atoms with Gasteiger partial charge in [-0.25, -0.2) is 4.98 Å². The lowest BCUT2D eigenvalue weighted by Gasteiger charge is -2.11. The highest BCUT2D eigenvalue weighted by Gasteiger charge is 2.12. The Kier molecular flexibility index (Phi) is 3.50. The molecule has 0 aliphatic carbocycles. The van der Waals surface area contributed by atoms with Gasteiger partial charge in [0, 0.05) is 46.5 Å². The molecule has 0 aliphatic heterocycles. The summed E-state index contributed by atoms with van der Waals surface area (Å²) in [5, 5.41) is 13.1. The molecule has 0 aromatic carbocycles. The largest absolute Gasteiger partial charge is 0.387 e. The molecule has 1 atom stereocenters. The highest BCUT2D eigenvalue weighted by atomic mass is 16.3. The maximum Gasteiger partial charge on any atom is 0.137 e. The molecule has 4 aromatic rings. The van der Waals surface area contributed by atoms with E-state index in [1.165, 1.54) is 0 Å². The summed E-state index contributed by atoms with van der Waals surface area (Å²) in [7, 11) is 0. The zero-order valence-corrected chi connectivity index (χ0v) is 13.6. The van der Waals surface area contributed by atoms with Gasteiger partial charge in [-0.05, 0) is 37.1 Å². The smallest absolute Gasteiger partial charge is 0.137 e. The molecule has 24 heavy (non-hydrogen) atoms. The molecule has 0 bridgehead atoms. The second-order valence-electron chi connectivity index (χ2n) is 6.00. The van der Waals surface area contributed by atoms with E-state index in [0.717, 1.165) is 38.6 Å². The average molecular weight is 318 g/mol. The summed E-state index contributed by atoms with van der Waals surface area (Å²) in [6, 6.07) is 5.98. The summed E-state index contributed by atoms with van der Waals surface area (Å²) in [4.78, 5) is 16.6. The highest BCUT2D eigenvalue weighted by Crippen LogP contribution is 2.28. The molecule has 5 nitrogen and oxygen atoms in total. The van der Waals surface area contributed by atoms with E-state index in [1.54, 1.807) is 6.20 Å². The standard InChI is InChI=1S/C19H18N4O/c1-3-18(24)17-6-11(2)14(9-22-17)16-7-12-8-23-19-13(4-5-20-19)15(12)10-21-16/h4-10,18,24H,3H2,1-2H3,(H,20,23)/t18-/m1/s1. The Morgan fingerprint density at radius 3 is 2.75 bits per heavy atom. The van der Waals surface area contributed by atoms with Crippen molar-refractivity contribution < 1.29 is 5.11 Å². The van der Waals surface area contributed by atoms with Crippen LogP contribution < -0.4 is 0 Å². The van der Waals surface area contributed by atoms with Crippen molar-refractivity contribution in [2.75, 3.05) is 0 Å². The predicted octanol–water partition coefficient (Wildman–Crippen LogP) is 3.92. The van der Waals surface area contributed by atoms with Crippen molar-refractivity contribution >= 4 is 21.8 Å². The number of nitrogens with one attached hydrogen (secondary N) is 1. The molecule has 0 aliphatic rings. The maximum absolute atomic E-state index is 9.95. The Morgan fingerprint density at radius 1 is 1.08 bits per heavy atom. The third kappa shape index (κ3) is 2.34. The zero-order chi connectivity index (χ0) is 16.7. The number of fused-ring (bicyclic) bond motifs is 3. The summed E-state index contributed by atoms with van der Waals surface area (Å²) >= 11 is 0. The minimum Gasteiger partial charge on any atom is -0.387 e. The van der Waals surface area contributed by atoms with Crippen molar-refractivity contribution in [3.63, 3.8) is 0 Å². The van der Waals surface area contributed by atoms with E-state index in [-0.39, 0.29) is 0 Å². The SMILES string of the molecule is CC[C@@H](O)c1cc(C)c(-c2cc3cnc4[nH]ccc4c3cn2)cn1. The van der Waals surface area contributed by atoms with Gasteiger partial charge in [-0.2, -0.15) is 0 Å². The minimum atomic E-state index is -0.520. The second-order valence-corrected chi connectivity index (χ2v) is 6.00. The monoisotopic (exact) mass is 318 g/mol. The molecule has 0 spiro atoms. The molecule has 4 rings (SSSR count). The van der Waals surface area contributed by atoms with E-state index in [1.807, 2.05) is 50.6 Å². The van der Waals surface area contributed by atoms with E-state index < -0.39 is 6.10 Å². The highest BCUT2D eigenvalue weighted by molar-refractivity contribution is 6.04. The van der Waals surface area contributed by atoms with Gasteiger partial charge in [-0.1, -0.05) is 6.92 Å². The normalized spacial score (nSPS) is 12.8. The molecular weight excluding hydrogens is 300 g/mol. The molecule has 120 valence electrons. The molecule has 2 N–H and O–H groups in total. The van der Waals surface area contributed by atoms with Crippen molar-refractivity contribution in [3.8, 4) is 11.3 Å². The molecule has 4 heterocycles. The van der Waals surface area contributed by atoms with Gasteiger partial charge in [-0.15, -0.1) is 0 Å². The number of hydrogen-bond acceptors (Lipinski definition) is 4. The quantitative estimate of drug-likeness (QED) is 0.600. The van der Waals surface area contributed by atoms with Crippen LogP contribution in [0.25, 0.3) is 33.1 Å². The topological polar surface area (TPSA) is 74.7 Å². The Bertz CT molecular complexity index is 1040. The van der Waals surface area contributed by atoms with Gasteiger partial charge in [0.25, 0.3) is 0 Å². The Balaban J connectivity index is 1.83. The Hall–Kier alpha value is -2.79. The number of aromatic amines is 1. The van der Waals surface area contributed by atoms with Gasteiger partial charge >= 0.3 is 0 Å². The van der Waals surface area contributed by atoms with Crippen molar-refractivity contribution in [1.82, 2.24) is 19.9 Å².